The van der Waals surface area contributed by atoms with Crippen LogP contribution in [0.4, 0.5) is 5.82 Å². The second-order valence-electron chi connectivity index (χ2n) is 5.23. The number of anilines is 1. The first-order valence-electron chi connectivity index (χ1n) is 6.67. The minimum absolute atomic E-state index is 0.829. The van der Waals surface area contributed by atoms with Crippen molar-refractivity contribution in [2.24, 2.45) is 4.99 Å². The van der Waals surface area contributed by atoms with Crippen molar-refractivity contribution >= 4 is 27.9 Å². The summed E-state index contributed by atoms with van der Waals surface area (Å²) in [5, 5.41) is 5.46. The predicted molar refractivity (Wildman–Crippen MR) is 85.9 cm³/mol. The van der Waals surface area contributed by atoms with Gasteiger partial charge in [0.2, 0.25) is 0 Å². The second kappa shape index (κ2) is 4.93. The van der Waals surface area contributed by atoms with Crippen molar-refractivity contribution in [3.05, 3.63) is 54.5 Å². The van der Waals surface area contributed by atoms with E-state index in [1.165, 1.54) is 22.2 Å². The maximum atomic E-state index is 4.38. The fraction of sp³-hybridized carbons (Fsp3) is 0.176. The molecule has 3 rings (SSSR count). The lowest BCUT2D eigenvalue weighted by molar-refractivity contribution is 1.28. The average molecular weight is 263 g/mol. The van der Waals surface area contributed by atoms with Crippen molar-refractivity contribution in [1.29, 1.82) is 0 Å². The predicted octanol–water partition coefficient (Wildman–Crippen LogP) is 4.39. The number of hydrogen-bond acceptors (Lipinski definition) is 3. The molecule has 0 bridgehead atoms. The lowest BCUT2D eigenvalue weighted by atomic mass is 10.0. The highest BCUT2D eigenvalue weighted by Gasteiger charge is 2.09. The lowest BCUT2D eigenvalue weighted by Crippen LogP contribution is -1.96. The molecule has 0 saturated carbocycles. The van der Waals surface area contributed by atoms with E-state index >= 15 is 0 Å². The van der Waals surface area contributed by atoms with Gasteiger partial charge in [-0.1, -0.05) is 18.7 Å². The first-order chi connectivity index (χ1) is 9.61. The fourth-order valence-electron chi connectivity index (χ4n) is 2.36. The molecule has 3 nitrogen and oxygen atoms in total. The van der Waals surface area contributed by atoms with Gasteiger partial charge in [0.05, 0.1) is 0 Å². The van der Waals surface area contributed by atoms with Gasteiger partial charge in [-0.3, -0.25) is 4.99 Å². The summed E-state index contributed by atoms with van der Waals surface area (Å²) in [7, 11) is 0. The van der Waals surface area contributed by atoms with Crippen molar-refractivity contribution in [2.75, 3.05) is 5.32 Å². The quantitative estimate of drug-likeness (QED) is 0.892. The molecule has 0 fully saturated rings. The summed E-state index contributed by atoms with van der Waals surface area (Å²) >= 11 is 0. The summed E-state index contributed by atoms with van der Waals surface area (Å²) in [6, 6.07) is 8.49. The number of hydrogen-bond donors (Lipinski definition) is 1. The molecule has 0 saturated heterocycles. The van der Waals surface area contributed by atoms with Crippen LogP contribution in [0.2, 0.25) is 0 Å². The van der Waals surface area contributed by atoms with Crippen LogP contribution in [0.3, 0.4) is 0 Å². The van der Waals surface area contributed by atoms with Crippen LogP contribution >= 0.6 is 0 Å². The molecule has 100 valence electrons. The molecule has 3 heteroatoms. The molecule has 1 aliphatic heterocycles. The van der Waals surface area contributed by atoms with Gasteiger partial charge in [-0.25, -0.2) is 4.98 Å². The van der Waals surface area contributed by atoms with Gasteiger partial charge >= 0.3 is 0 Å². The Labute approximate surface area is 118 Å². The van der Waals surface area contributed by atoms with Crippen molar-refractivity contribution in [2.45, 2.75) is 20.3 Å². The van der Waals surface area contributed by atoms with Crippen LogP contribution in [0, 0.1) is 0 Å². The van der Waals surface area contributed by atoms with Crippen LogP contribution in [-0.4, -0.2) is 10.7 Å². The summed E-state index contributed by atoms with van der Waals surface area (Å²) in [4.78, 5) is 8.73. The Balaban J connectivity index is 1.99. The molecule has 0 unspecified atom stereocenters. The molecular weight excluding hydrogens is 246 g/mol. The highest BCUT2D eigenvalue weighted by molar-refractivity contribution is 5.98. The number of allylic oxidation sites excluding steroid dienone is 2. The highest BCUT2D eigenvalue weighted by atomic mass is 15.0. The number of aliphatic imine (C=N–C) groups is 1. The first kappa shape index (κ1) is 12.6. The SMILES string of the molecule is C=C(C)Nc1cc2cc(C3=CN=C(C)C3)ccc2cn1. The molecule has 1 aliphatic rings. The van der Waals surface area contributed by atoms with Crippen LogP contribution in [0.5, 0.6) is 0 Å². The van der Waals surface area contributed by atoms with E-state index in [-0.39, 0.29) is 0 Å². The lowest BCUT2D eigenvalue weighted by Gasteiger charge is -2.08. The van der Waals surface area contributed by atoms with E-state index in [0.29, 0.717) is 0 Å². The molecule has 1 aromatic heterocycles. The molecule has 1 N–H and O–H groups in total. The largest absolute Gasteiger partial charge is 0.345 e. The van der Waals surface area contributed by atoms with Gasteiger partial charge in [0, 0.05) is 35.6 Å². The van der Waals surface area contributed by atoms with Gasteiger partial charge in [-0.15, -0.1) is 0 Å². The zero-order valence-corrected chi connectivity index (χ0v) is 11.8. The smallest absolute Gasteiger partial charge is 0.130 e. The molecule has 2 heterocycles. The van der Waals surface area contributed by atoms with Crippen molar-refractivity contribution in [3.63, 3.8) is 0 Å². The van der Waals surface area contributed by atoms with Crippen molar-refractivity contribution in [1.82, 2.24) is 4.98 Å². The number of nitrogens with zero attached hydrogens (tertiary/aromatic N) is 2. The monoisotopic (exact) mass is 263 g/mol. The van der Waals surface area contributed by atoms with Crippen LogP contribution in [0.25, 0.3) is 16.3 Å². The van der Waals surface area contributed by atoms with Gasteiger partial charge in [-0.05, 0) is 42.5 Å². The number of nitrogens with one attached hydrogen (secondary N) is 1. The summed E-state index contributed by atoms with van der Waals surface area (Å²) in [6.45, 7) is 7.83. The van der Waals surface area contributed by atoms with Gasteiger partial charge in [0.15, 0.2) is 0 Å². The third-order valence-electron chi connectivity index (χ3n) is 3.32. The second-order valence-corrected chi connectivity index (χ2v) is 5.23. The normalized spacial score (nSPS) is 14.1. The molecule has 0 atom stereocenters. The first-order valence-corrected chi connectivity index (χ1v) is 6.67. The van der Waals surface area contributed by atoms with Crippen LogP contribution in [0.15, 0.2) is 53.9 Å². The standard InChI is InChI=1S/C17H17N3/c1-11(2)20-17-8-15-7-13(4-5-14(15)9-19-17)16-6-12(3)18-10-16/h4-5,7-10H,1,6H2,2-3H3,(H,19,20). The minimum Gasteiger partial charge on any atom is -0.345 e. The Morgan fingerprint density at radius 2 is 2.10 bits per heavy atom. The number of rotatable bonds is 3. The van der Waals surface area contributed by atoms with E-state index in [1.807, 2.05) is 19.3 Å². The Bertz CT molecular complexity index is 754. The zero-order valence-electron chi connectivity index (χ0n) is 11.8. The Morgan fingerprint density at radius 1 is 1.25 bits per heavy atom. The Kier molecular flexibility index (Phi) is 3.11. The van der Waals surface area contributed by atoms with Crippen LogP contribution in [0.1, 0.15) is 25.8 Å². The van der Waals surface area contributed by atoms with Gasteiger partial charge in [-0.2, -0.15) is 0 Å². The van der Waals surface area contributed by atoms with E-state index in [2.05, 4.69) is 53.1 Å². The molecular formula is C17H17N3. The Hall–Kier alpha value is -2.42. The highest BCUT2D eigenvalue weighted by Crippen LogP contribution is 2.27. The minimum atomic E-state index is 0.829. The number of pyridine rings is 1. The molecule has 0 radical (unpaired) electrons. The van der Waals surface area contributed by atoms with Gasteiger partial charge < -0.3 is 5.32 Å². The topological polar surface area (TPSA) is 37.3 Å². The third-order valence-corrected chi connectivity index (χ3v) is 3.32. The summed E-state index contributed by atoms with van der Waals surface area (Å²) in [6.07, 6.45) is 4.79. The summed E-state index contributed by atoms with van der Waals surface area (Å²) in [5.41, 5.74) is 4.55. The van der Waals surface area contributed by atoms with E-state index in [1.54, 1.807) is 0 Å². The Morgan fingerprint density at radius 3 is 2.80 bits per heavy atom. The molecule has 20 heavy (non-hydrogen) atoms. The molecule has 1 aromatic carbocycles. The number of aromatic nitrogens is 1. The summed E-state index contributed by atoms with van der Waals surface area (Å²) in [5.74, 6) is 0.829. The van der Waals surface area contributed by atoms with Gasteiger partial charge in [0.25, 0.3) is 0 Å². The molecule has 0 aliphatic carbocycles. The molecule has 0 spiro atoms. The van der Waals surface area contributed by atoms with E-state index in [9.17, 15) is 0 Å². The molecule has 0 amide bonds. The number of fused-ring (bicyclic) bond motifs is 1. The van der Waals surface area contributed by atoms with E-state index in [4.69, 9.17) is 0 Å². The van der Waals surface area contributed by atoms with E-state index < -0.39 is 0 Å². The average Bonchev–Trinajstić information content (AvgIpc) is 2.84. The van der Waals surface area contributed by atoms with Crippen LogP contribution in [-0.2, 0) is 0 Å². The summed E-state index contributed by atoms with van der Waals surface area (Å²) < 4.78 is 0. The van der Waals surface area contributed by atoms with Crippen LogP contribution < -0.4 is 5.32 Å². The molecule has 2 aromatic rings. The van der Waals surface area contributed by atoms with Crippen molar-refractivity contribution in [3.8, 4) is 0 Å². The van der Waals surface area contributed by atoms with E-state index in [0.717, 1.165) is 23.3 Å². The fourth-order valence-corrected chi connectivity index (χ4v) is 2.36. The third kappa shape index (κ3) is 2.48. The maximum absolute atomic E-state index is 4.38. The zero-order chi connectivity index (χ0) is 14.1. The van der Waals surface area contributed by atoms with Gasteiger partial charge in [0.1, 0.15) is 5.82 Å². The maximum Gasteiger partial charge on any atom is 0.130 e. The number of benzene rings is 1. The van der Waals surface area contributed by atoms with Crippen molar-refractivity contribution < 1.29 is 0 Å².